The van der Waals surface area contributed by atoms with Gasteiger partial charge >= 0.3 is 0 Å². The van der Waals surface area contributed by atoms with Crippen molar-refractivity contribution in [1.82, 2.24) is 14.8 Å². The average Bonchev–Trinajstić information content (AvgIpc) is 2.73. The summed E-state index contributed by atoms with van der Waals surface area (Å²) in [6.45, 7) is 6.07. The molecule has 1 aromatic carbocycles. The van der Waals surface area contributed by atoms with E-state index in [4.69, 9.17) is 21.7 Å². The Balaban J connectivity index is 1.63. The molecule has 2 heterocycles. The Kier molecular flexibility index (Phi) is 7.38. The van der Waals surface area contributed by atoms with Crippen LogP contribution < -0.4 is 10.1 Å². The molecule has 0 spiro atoms. The number of nitrogens with zero attached hydrogens (tertiary/aromatic N) is 3. The van der Waals surface area contributed by atoms with Gasteiger partial charge in [-0.3, -0.25) is 9.88 Å². The first-order valence-electron chi connectivity index (χ1n) is 9.13. The van der Waals surface area contributed by atoms with Crippen LogP contribution in [0.1, 0.15) is 5.56 Å². The van der Waals surface area contributed by atoms with Gasteiger partial charge in [0.25, 0.3) is 0 Å². The van der Waals surface area contributed by atoms with Crippen LogP contribution in [0.4, 0.5) is 5.69 Å². The summed E-state index contributed by atoms with van der Waals surface area (Å²) in [4.78, 5) is 8.82. The minimum atomic E-state index is 0.706. The number of aromatic nitrogens is 1. The number of ether oxygens (including phenoxy) is 2. The molecule has 0 unspecified atom stereocenters. The van der Waals surface area contributed by atoms with Gasteiger partial charge in [0.1, 0.15) is 5.75 Å². The summed E-state index contributed by atoms with van der Waals surface area (Å²) in [6, 6.07) is 11.8. The van der Waals surface area contributed by atoms with Gasteiger partial charge in [-0.05, 0) is 48.1 Å². The van der Waals surface area contributed by atoms with Gasteiger partial charge in [0.15, 0.2) is 5.11 Å². The lowest BCUT2D eigenvalue weighted by Crippen LogP contribution is -2.43. The first-order chi connectivity index (χ1) is 13.2. The van der Waals surface area contributed by atoms with Gasteiger partial charge in [-0.25, -0.2) is 0 Å². The molecule has 144 valence electrons. The minimum Gasteiger partial charge on any atom is -0.497 e. The maximum atomic E-state index is 5.70. The lowest BCUT2D eigenvalue weighted by Gasteiger charge is -2.31. The molecular weight excluding hydrogens is 360 g/mol. The number of methoxy groups -OCH3 is 1. The Bertz CT molecular complexity index is 706. The van der Waals surface area contributed by atoms with Gasteiger partial charge in [-0.1, -0.05) is 6.07 Å². The van der Waals surface area contributed by atoms with Crippen molar-refractivity contribution in [2.45, 2.75) is 6.54 Å². The van der Waals surface area contributed by atoms with Crippen molar-refractivity contribution in [3.63, 3.8) is 0 Å². The van der Waals surface area contributed by atoms with Crippen molar-refractivity contribution in [3.8, 4) is 5.75 Å². The lowest BCUT2D eigenvalue weighted by atomic mass is 10.2. The van der Waals surface area contributed by atoms with Gasteiger partial charge < -0.3 is 19.7 Å². The Morgan fingerprint density at radius 2 is 2.04 bits per heavy atom. The van der Waals surface area contributed by atoms with Crippen molar-refractivity contribution in [1.29, 1.82) is 0 Å². The molecule has 27 heavy (non-hydrogen) atoms. The fourth-order valence-corrected chi connectivity index (χ4v) is 3.20. The summed E-state index contributed by atoms with van der Waals surface area (Å²) in [5.74, 6) is 0.825. The summed E-state index contributed by atoms with van der Waals surface area (Å²) in [7, 11) is 1.66. The molecule has 1 aliphatic heterocycles. The smallest absolute Gasteiger partial charge is 0.173 e. The highest BCUT2D eigenvalue weighted by Gasteiger charge is 2.15. The molecule has 0 amide bonds. The fourth-order valence-electron chi connectivity index (χ4n) is 2.93. The van der Waals surface area contributed by atoms with Gasteiger partial charge in [0.05, 0.1) is 20.3 Å². The quantitative estimate of drug-likeness (QED) is 0.734. The summed E-state index contributed by atoms with van der Waals surface area (Å²) in [5, 5.41) is 4.05. The molecule has 0 aliphatic carbocycles. The molecule has 1 aliphatic rings. The van der Waals surface area contributed by atoms with E-state index >= 15 is 0 Å². The second-order valence-electron chi connectivity index (χ2n) is 6.40. The van der Waals surface area contributed by atoms with Crippen LogP contribution in [0, 0.1) is 0 Å². The first-order valence-corrected chi connectivity index (χ1v) is 9.54. The molecule has 2 aromatic rings. The number of hydrogen-bond acceptors (Lipinski definition) is 5. The van der Waals surface area contributed by atoms with E-state index in [1.54, 1.807) is 13.3 Å². The van der Waals surface area contributed by atoms with E-state index in [0.29, 0.717) is 5.11 Å². The third-order valence-corrected chi connectivity index (χ3v) is 4.87. The van der Waals surface area contributed by atoms with E-state index in [1.807, 2.05) is 36.5 Å². The van der Waals surface area contributed by atoms with E-state index in [2.05, 4.69) is 26.2 Å². The van der Waals surface area contributed by atoms with Gasteiger partial charge in [0.2, 0.25) is 0 Å². The van der Waals surface area contributed by atoms with Crippen molar-refractivity contribution < 1.29 is 9.47 Å². The molecule has 3 rings (SSSR count). The van der Waals surface area contributed by atoms with Crippen LogP contribution in [0.25, 0.3) is 0 Å². The molecule has 1 saturated heterocycles. The zero-order chi connectivity index (χ0) is 18.9. The van der Waals surface area contributed by atoms with Crippen LogP contribution >= 0.6 is 12.2 Å². The van der Waals surface area contributed by atoms with Crippen LogP contribution in [0.5, 0.6) is 5.75 Å². The van der Waals surface area contributed by atoms with Gasteiger partial charge in [-0.2, -0.15) is 0 Å². The van der Waals surface area contributed by atoms with Crippen molar-refractivity contribution in [2.75, 3.05) is 51.8 Å². The lowest BCUT2D eigenvalue weighted by molar-refractivity contribution is 0.0358. The van der Waals surface area contributed by atoms with Crippen molar-refractivity contribution >= 4 is 23.0 Å². The van der Waals surface area contributed by atoms with Crippen LogP contribution in [-0.4, -0.2) is 66.4 Å². The number of benzene rings is 1. The third kappa shape index (κ3) is 6.16. The summed E-state index contributed by atoms with van der Waals surface area (Å²) >= 11 is 5.70. The highest BCUT2D eigenvalue weighted by Crippen LogP contribution is 2.16. The van der Waals surface area contributed by atoms with E-state index in [9.17, 15) is 0 Å². The maximum absolute atomic E-state index is 5.70. The molecule has 1 aromatic heterocycles. The topological polar surface area (TPSA) is 49.9 Å². The molecular formula is C20H26N4O2S. The number of pyridine rings is 1. The number of thiocarbonyl (C=S) groups is 1. The highest BCUT2D eigenvalue weighted by atomic mass is 32.1. The van der Waals surface area contributed by atoms with Crippen LogP contribution in [0.2, 0.25) is 0 Å². The summed E-state index contributed by atoms with van der Waals surface area (Å²) in [6.07, 6.45) is 3.67. The second-order valence-corrected chi connectivity index (χ2v) is 6.78. The molecule has 7 heteroatoms. The first kappa shape index (κ1) is 19.5. The maximum Gasteiger partial charge on any atom is 0.173 e. The normalized spacial score (nSPS) is 14.6. The Morgan fingerprint density at radius 3 is 2.70 bits per heavy atom. The number of anilines is 1. The fraction of sp³-hybridized carbons (Fsp3) is 0.400. The molecule has 1 N–H and O–H groups in total. The average molecular weight is 387 g/mol. The number of nitrogens with one attached hydrogen (secondary N) is 1. The zero-order valence-electron chi connectivity index (χ0n) is 15.6. The monoisotopic (exact) mass is 386 g/mol. The second kappa shape index (κ2) is 10.2. The van der Waals surface area contributed by atoms with Crippen LogP contribution in [0.15, 0.2) is 48.8 Å². The molecule has 0 bridgehead atoms. The van der Waals surface area contributed by atoms with Crippen LogP contribution in [-0.2, 0) is 11.3 Å². The Morgan fingerprint density at radius 1 is 1.26 bits per heavy atom. The largest absolute Gasteiger partial charge is 0.497 e. The number of rotatable bonds is 7. The van der Waals surface area contributed by atoms with Crippen molar-refractivity contribution in [3.05, 3.63) is 54.4 Å². The SMILES string of the molecule is COc1ccc(NC(=S)N(CCN2CCOCC2)Cc2cccnc2)cc1. The predicted molar refractivity (Wildman–Crippen MR) is 111 cm³/mol. The molecule has 1 fully saturated rings. The Hall–Kier alpha value is -2.22. The van der Waals surface area contributed by atoms with Gasteiger partial charge in [0, 0.05) is 50.8 Å². The zero-order valence-corrected chi connectivity index (χ0v) is 16.5. The minimum absolute atomic E-state index is 0.706. The van der Waals surface area contributed by atoms with E-state index in [0.717, 1.165) is 62.9 Å². The number of morpholine rings is 1. The molecule has 0 saturated carbocycles. The van der Waals surface area contributed by atoms with Crippen LogP contribution in [0.3, 0.4) is 0 Å². The Labute approximate surface area is 166 Å². The third-order valence-electron chi connectivity index (χ3n) is 4.51. The highest BCUT2D eigenvalue weighted by molar-refractivity contribution is 7.80. The van der Waals surface area contributed by atoms with Crippen molar-refractivity contribution in [2.24, 2.45) is 0 Å². The van der Waals surface area contributed by atoms with E-state index in [1.165, 1.54) is 0 Å². The molecule has 0 atom stereocenters. The van der Waals surface area contributed by atoms with E-state index < -0.39 is 0 Å². The summed E-state index contributed by atoms with van der Waals surface area (Å²) < 4.78 is 10.6. The number of hydrogen-bond donors (Lipinski definition) is 1. The van der Waals surface area contributed by atoms with E-state index in [-0.39, 0.29) is 0 Å². The summed E-state index contributed by atoms with van der Waals surface area (Å²) in [5.41, 5.74) is 2.08. The van der Waals surface area contributed by atoms with Gasteiger partial charge in [-0.15, -0.1) is 0 Å². The standard InChI is InChI=1S/C20H26N4O2S/c1-25-19-6-4-18(5-7-19)22-20(27)24(16-17-3-2-8-21-15-17)10-9-23-11-13-26-14-12-23/h2-8,15H,9-14,16H2,1H3,(H,22,27). The predicted octanol–water partition coefficient (Wildman–Crippen LogP) is 2.62. The molecule has 6 nitrogen and oxygen atoms in total. The molecule has 0 radical (unpaired) electrons.